The Hall–Kier alpha value is -3.39. The van der Waals surface area contributed by atoms with Gasteiger partial charge >= 0.3 is 0 Å². The smallest absolute Gasteiger partial charge is 0.247 e. The van der Waals surface area contributed by atoms with Gasteiger partial charge in [-0.25, -0.2) is 4.98 Å². The van der Waals surface area contributed by atoms with Crippen LogP contribution in [-0.2, 0) is 16.0 Å². The third kappa shape index (κ3) is 5.03. The molecule has 0 bridgehead atoms. The topological polar surface area (TPSA) is 93.4 Å². The number of pyridine rings is 1. The summed E-state index contributed by atoms with van der Waals surface area (Å²) >= 11 is 0. The fraction of sp³-hybridized carbons (Fsp3) is 0.348. The van der Waals surface area contributed by atoms with E-state index in [4.69, 9.17) is 0 Å². The number of carbonyl (C=O) groups excluding carboxylic acids is 2. The second-order valence-corrected chi connectivity index (χ2v) is 8.00. The van der Waals surface area contributed by atoms with Gasteiger partial charge in [-0.2, -0.15) is 0 Å². The largest absolute Gasteiger partial charge is 0.361 e. The molecule has 1 unspecified atom stereocenters. The number of hydrogen-bond acceptors (Lipinski definition) is 5. The number of piperazine rings is 1. The molecule has 8 heteroatoms. The number of likely N-dealkylation sites (N-methyl/N-ethyl adjacent to an activating group) is 1. The number of nitrogens with zero attached hydrogens (tertiary/aromatic N) is 3. The van der Waals surface area contributed by atoms with Crippen LogP contribution in [0.3, 0.4) is 0 Å². The fourth-order valence-corrected chi connectivity index (χ4v) is 3.89. The van der Waals surface area contributed by atoms with Gasteiger partial charge in [0.15, 0.2) is 0 Å². The first-order chi connectivity index (χ1) is 15.0. The Kier molecular flexibility index (Phi) is 6.18. The number of aromatic nitrogens is 2. The normalized spacial score (nSPS) is 15.6. The van der Waals surface area contributed by atoms with E-state index in [0.29, 0.717) is 12.1 Å². The first-order valence-electron chi connectivity index (χ1n) is 10.5. The molecule has 0 saturated carbocycles. The Bertz CT molecular complexity index is 1050. The van der Waals surface area contributed by atoms with Gasteiger partial charge in [0.2, 0.25) is 11.8 Å². The van der Waals surface area contributed by atoms with Crippen molar-refractivity contribution in [2.75, 3.05) is 43.4 Å². The first kappa shape index (κ1) is 20.9. The van der Waals surface area contributed by atoms with E-state index in [-0.39, 0.29) is 11.8 Å². The molecule has 31 heavy (non-hydrogen) atoms. The van der Waals surface area contributed by atoms with E-state index in [9.17, 15) is 9.59 Å². The van der Waals surface area contributed by atoms with E-state index in [0.717, 1.165) is 48.5 Å². The first-order valence-corrected chi connectivity index (χ1v) is 10.5. The minimum Gasteiger partial charge on any atom is -0.361 e. The Labute approximate surface area is 181 Å². The monoisotopic (exact) mass is 420 g/mol. The summed E-state index contributed by atoms with van der Waals surface area (Å²) in [5.74, 6) is 0.390. The van der Waals surface area contributed by atoms with E-state index in [1.54, 1.807) is 6.20 Å². The van der Waals surface area contributed by atoms with Gasteiger partial charge < -0.3 is 25.4 Å². The molecule has 1 fully saturated rings. The maximum atomic E-state index is 13.0. The van der Waals surface area contributed by atoms with Crippen molar-refractivity contribution in [3.05, 3.63) is 54.4 Å². The molecule has 2 amide bonds. The molecule has 0 aliphatic carbocycles. The minimum atomic E-state index is -0.686. The number of anilines is 2. The van der Waals surface area contributed by atoms with Crippen LogP contribution >= 0.6 is 0 Å². The van der Waals surface area contributed by atoms with E-state index >= 15 is 0 Å². The second kappa shape index (κ2) is 9.18. The molecule has 1 atom stereocenters. The number of para-hydroxylation sites is 1. The average molecular weight is 421 g/mol. The van der Waals surface area contributed by atoms with Crippen LogP contribution in [0.4, 0.5) is 11.5 Å². The molecule has 3 heterocycles. The highest BCUT2D eigenvalue weighted by Crippen LogP contribution is 2.20. The van der Waals surface area contributed by atoms with Crippen molar-refractivity contribution in [2.24, 2.45) is 0 Å². The van der Waals surface area contributed by atoms with Crippen LogP contribution in [0.15, 0.2) is 48.8 Å². The molecule has 1 aliphatic heterocycles. The van der Waals surface area contributed by atoms with E-state index in [1.165, 1.54) is 6.92 Å². The second-order valence-electron chi connectivity index (χ2n) is 8.00. The summed E-state index contributed by atoms with van der Waals surface area (Å²) in [7, 11) is 2.12. The predicted molar refractivity (Wildman–Crippen MR) is 122 cm³/mol. The van der Waals surface area contributed by atoms with Crippen LogP contribution in [0.1, 0.15) is 12.5 Å². The van der Waals surface area contributed by atoms with Gasteiger partial charge in [-0.15, -0.1) is 0 Å². The molecule has 3 aromatic rings. The van der Waals surface area contributed by atoms with Crippen molar-refractivity contribution < 1.29 is 9.59 Å². The zero-order valence-corrected chi connectivity index (χ0v) is 17.9. The lowest BCUT2D eigenvalue weighted by atomic mass is 10.0. The van der Waals surface area contributed by atoms with Gasteiger partial charge in [0.25, 0.3) is 0 Å². The predicted octanol–water partition coefficient (Wildman–Crippen LogP) is 2.00. The third-order valence-electron chi connectivity index (χ3n) is 5.64. The maximum Gasteiger partial charge on any atom is 0.247 e. The Morgan fingerprint density at radius 1 is 1.13 bits per heavy atom. The summed E-state index contributed by atoms with van der Waals surface area (Å²) in [4.78, 5) is 36.9. The van der Waals surface area contributed by atoms with Crippen LogP contribution in [0.5, 0.6) is 0 Å². The maximum absolute atomic E-state index is 13.0. The summed E-state index contributed by atoms with van der Waals surface area (Å²) in [6.45, 7) is 5.30. The van der Waals surface area contributed by atoms with Crippen LogP contribution < -0.4 is 15.5 Å². The molecule has 1 saturated heterocycles. The van der Waals surface area contributed by atoms with Crippen molar-refractivity contribution in [3.8, 4) is 0 Å². The SMILES string of the molecule is CC(=O)NC(Cc1c[nH]c2ccccc12)C(=O)Nc1ccc(N2CCN(C)CC2)nc1. The van der Waals surface area contributed by atoms with Gasteiger partial charge in [0.05, 0.1) is 11.9 Å². The van der Waals surface area contributed by atoms with Gasteiger partial charge in [-0.3, -0.25) is 9.59 Å². The van der Waals surface area contributed by atoms with Crippen LogP contribution in [-0.4, -0.2) is 66.0 Å². The number of H-pyrrole nitrogens is 1. The van der Waals surface area contributed by atoms with E-state index < -0.39 is 6.04 Å². The standard InChI is InChI=1S/C23H28N6O2/c1-16(30)26-21(13-17-14-24-20-6-4-3-5-19(17)20)23(31)27-18-7-8-22(25-15-18)29-11-9-28(2)10-12-29/h3-8,14-15,21,24H,9-13H2,1-2H3,(H,26,30)(H,27,31). The summed E-state index contributed by atoms with van der Waals surface area (Å²) in [6.07, 6.45) is 3.95. The number of aromatic amines is 1. The molecule has 0 spiro atoms. The average Bonchev–Trinajstić information content (AvgIpc) is 3.17. The lowest BCUT2D eigenvalue weighted by Gasteiger charge is -2.33. The van der Waals surface area contributed by atoms with Crippen LogP contribution in [0.2, 0.25) is 0 Å². The number of nitrogens with one attached hydrogen (secondary N) is 3. The highest BCUT2D eigenvalue weighted by Gasteiger charge is 2.22. The Morgan fingerprint density at radius 3 is 2.61 bits per heavy atom. The van der Waals surface area contributed by atoms with Gasteiger partial charge in [0, 0.05) is 56.6 Å². The zero-order valence-electron chi connectivity index (χ0n) is 17.9. The molecule has 4 rings (SSSR count). The fourth-order valence-electron chi connectivity index (χ4n) is 3.89. The number of hydrogen-bond donors (Lipinski definition) is 3. The van der Waals surface area contributed by atoms with Crippen molar-refractivity contribution in [2.45, 2.75) is 19.4 Å². The minimum absolute atomic E-state index is 0.247. The molecule has 2 aromatic heterocycles. The molecule has 1 aliphatic rings. The zero-order chi connectivity index (χ0) is 21.8. The van der Waals surface area contributed by atoms with Crippen molar-refractivity contribution >= 4 is 34.2 Å². The van der Waals surface area contributed by atoms with Gasteiger partial charge in [-0.05, 0) is 30.8 Å². The lowest BCUT2D eigenvalue weighted by Crippen LogP contribution is -2.45. The molecule has 162 valence electrons. The van der Waals surface area contributed by atoms with Crippen molar-refractivity contribution in [1.29, 1.82) is 0 Å². The quantitative estimate of drug-likeness (QED) is 0.567. The van der Waals surface area contributed by atoms with Crippen molar-refractivity contribution in [3.63, 3.8) is 0 Å². The van der Waals surface area contributed by atoms with Gasteiger partial charge in [-0.1, -0.05) is 18.2 Å². The highest BCUT2D eigenvalue weighted by atomic mass is 16.2. The van der Waals surface area contributed by atoms with E-state index in [1.807, 2.05) is 42.6 Å². The summed E-state index contributed by atoms with van der Waals surface area (Å²) in [5.41, 5.74) is 2.59. The van der Waals surface area contributed by atoms with Crippen molar-refractivity contribution in [1.82, 2.24) is 20.2 Å². The van der Waals surface area contributed by atoms with Crippen LogP contribution in [0, 0.1) is 0 Å². The number of rotatable bonds is 6. The molecule has 1 aromatic carbocycles. The number of carbonyl (C=O) groups is 2. The van der Waals surface area contributed by atoms with Gasteiger partial charge in [0.1, 0.15) is 11.9 Å². The number of amides is 2. The summed E-state index contributed by atoms with van der Waals surface area (Å²) in [5, 5.41) is 6.71. The highest BCUT2D eigenvalue weighted by molar-refractivity contribution is 5.97. The molecule has 8 nitrogen and oxygen atoms in total. The number of benzene rings is 1. The summed E-state index contributed by atoms with van der Waals surface area (Å²) in [6, 6.07) is 11.0. The summed E-state index contributed by atoms with van der Waals surface area (Å²) < 4.78 is 0. The molecular formula is C23H28N6O2. The van der Waals surface area contributed by atoms with Crippen LogP contribution in [0.25, 0.3) is 10.9 Å². The molecular weight excluding hydrogens is 392 g/mol. The lowest BCUT2D eigenvalue weighted by molar-refractivity contribution is -0.125. The molecule has 3 N–H and O–H groups in total. The van der Waals surface area contributed by atoms with E-state index in [2.05, 4.69) is 37.4 Å². The Balaban J connectivity index is 1.44. The molecule has 0 radical (unpaired) electrons. The number of fused-ring (bicyclic) bond motifs is 1. The third-order valence-corrected chi connectivity index (χ3v) is 5.64. The Morgan fingerprint density at radius 2 is 1.90 bits per heavy atom.